The first kappa shape index (κ1) is 18.7. The number of H-pyrrole nitrogens is 1. The zero-order valence-corrected chi connectivity index (χ0v) is 14.0. The molecule has 0 bridgehead atoms. The number of rotatable bonds is 3. The first-order chi connectivity index (χ1) is 12.6. The van der Waals surface area contributed by atoms with Crippen molar-refractivity contribution in [3.05, 3.63) is 63.3 Å². The second-order valence-corrected chi connectivity index (χ2v) is 5.80. The molecular formula is C16H12F5N5O. The molecule has 0 saturated heterocycles. The van der Waals surface area contributed by atoms with Crippen LogP contribution in [0.4, 0.5) is 22.0 Å². The van der Waals surface area contributed by atoms with E-state index in [1.807, 2.05) is 0 Å². The Morgan fingerprint density at radius 2 is 1.85 bits per heavy atom. The summed E-state index contributed by atoms with van der Waals surface area (Å²) in [5.41, 5.74) is -2.00. The number of alkyl halides is 3. The Hall–Kier alpha value is -3.11. The van der Waals surface area contributed by atoms with E-state index in [0.717, 1.165) is 10.7 Å². The predicted octanol–water partition coefficient (Wildman–Crippen LogP) is 3.24. The molecule has 0 radical (unpaired) electrons. The molecule has 2 aromatic heterocycles. The van der Waals surface area contributed by atoms with Gasteiger partial charge in [-0.2, -0.15) is 13.2 Å². The fourth-order valence-electron chi connectivity index (χ4n) is 2.54. The molecule has 0 fully saturated rings. The van der Waals surface area contributed by atoms with Gasteiger partial charge < -0.3 is 4.98 Å². The van der Waals surface area contributed by atoms with Crippen molar-refractivity contribution in [1.82, 2.24) is 25.0 Å². The third kappa shape index (κ3) is 3.57. The van der Waals surface area contributed by atoms with E-state index in [-0.39, 0.29) is 17.0 Å². The van der Waals surface area contributed by atoms with Crippen LogP contribution in [0.1, 0.15) is 29.9 Å². The van der Waals surface area contributed by atoms with Crippen LogP contribution in [0.3, 0.4) is 0 Å². The van der Waals surface area contributed by atoms with Crippen molar-refractivity contribution in [2.24, 2.45) is 0 Å². The van der Waals surface area contributed by atoms with Crippen LogP contribution in [0.2, 0.25) is 0 Å². The van der Waals surface area contributed by atoms with Crippen LogP contribution in [0, 0.1) is 18.6 Å². The molecule has 0 spiro atoms. The molecule has 0 aliphatic heterocycles. The van der Waals surface area contributed by atoms with Crippen LogP contribution in [0.5, 0.6) is 0 Å². The highest BCUT2D eigenvalue weighted by Crippen LogP contribution is 2.34. The van der Waals surface area contributed by atoms with Gasteiger partial charge in [-0.15, -0.1) is 5.10 Å². The van der Waals surface area contributed by atoms with E-state index in [0.29, 0.717) is 11.9 Å². The predicted molar refractivity (Wildman–Crippen MR) is 83.8 cm³/mol. The number of hydrogen-bond acceptors (Lipinski definition) is 4. The molecule has 142 valence electrons. The van der Waals surface area contributed by atoms with Crippen LogP contribution in [-0.4, -0.2) is 25.0 Å². The van der Waals surface area contributed by atoms with Gasteiger partial charge in [0.05, 0.1) is 23.5 Å². The smallest absolute Gasteiger partial charge is 0.311 e. The van der Waals surface area contributed by atoms with E-state index < -0.39 is 35.0 Å². The van der Waals surface area contributed by atoms with Gasteiger partial charge in [-0.1, -0.05) is 11.3 Å². The Balaban J connectivity index is 1.98. The lowest BCUT2D eigenvalue weighted by Gasteiger charge is -2.15. The Bertz CT molecular complexity index is 1060. The zero-order chi connectivity index (χ0) is 19.9. The van der Waals surface area contributed by atoms with Crippen molar-refractivity contribution < 1.29 is 22.0 Å². The standard InChI is InChI=1S/C16H12F5N5O/c1-7(9-3-4-10(16(19,20)21)15(18)14(9)17)26-6-12(24-25-26)11-5-13(27)23-8(2)22-11/h3-7H,1-2H3,(H,22,23,27)/t7-/m0/s1. The third-order valence-electron chi connectivity index (χ3n) is 3.90. The number of benzene rings is 1. The quantitative estimate of drug-likeness (QED) is 0.703. The summed E-state index contributed by atoms with van der Waals surface area (Å²) in [7, 11) is 0. The van der Waals surface area contributed by atoms with Gasteiger partial charge in [-0.05, 0) is 19.9 Å². The van der Waals surface area contributed by atoms with Crippen molar-refractivity contribution in [3.63, 3.8) is 0 Å². The molecule has 1 aromatic carbocycles. The van der Waals surface area contributed by atoms with E-state index >= 15 is 0 Å². The molecule has 1 N–H and O–H groups in total. The van der Waals surface area contributed by atoms with Crippen LogP contribution in [0.25, 0.3) is 11.4 Å². The lowest BCUT2D eigenvalue weighted by atomic mass is 10.0. The molecule has 1 atom stereocenters. The molecule has 3 aromatic rings. The average molecular weight is 385 g/mol. The maximum absolute atomic E-state index is 14.2. The highest BCUT2D eigenvalue weighted by molar-refractivity contribution is 5.51. The topological polar surface area (TPSA) is 76.5 Å². The Kier molecular flexibility index (Phi) is 4.54. The fourth-order valence-corrected chi connectivity index (χ4v) is 2.54. The molecule has 0 aliphatic carbocycles. The van der Waals surface area contributed by atoms with E-state index in [2.05, 4.69) is 20.3 Å². The van der Waals surface area contributed by atoms with Crippen LogP contribution < -0.4 is 5.56 Å². The number of halogens is 5. The molecule has 0 saturated carbocycles. The van der Waals surface area contributed by atoms with Crippen molar-refractivity contribution in [2.45, 2.75) is 26.1 Å². The second-order valence-electron chi connectivity index (χ2n) is 5.80. The first-order valence-corrected chi connectivity index (χ1v) is 7.63. The van der Waals surface area contributed by atoms with Gasteiger partial charge in [-0.25, -0.2) is 18.4 Å². The molecule has 0 amide bonds. The van der Waals surface area contributed by atoms with Crippen molar-refractivity contribution in [2.75, 3.05) is 0 Å². The minimum atomic E-state index is -5.00. The average Bonchev–Trinajstić information content (AvgIpc) is 3.04. The Labute approximate surface area is 148 Å². The third-order valence-corrected chi connectivity index (χ3v) is 3.90. The number of hydrogen-bond donors (Lipinski definition) is 1. The SMILES string of the molecule is Cc1nc(-c2cn([C@@H](C)c3ccc(C(F)(F)F)c(F)c3F)nn2)cc(=O)[nH]1. The van der Waals surface area contributed by atoms with Gasteiger partial charge in [-0.3, -0.25) is 4.79 Å². The Morgan fingerprint density at radius 3 is 2.48 bits per heavy atom. The summed E-state index contributed by atoms with van der Waals surface area (Å²) in [6, 6.07) is 1.56. The summed E-state index contributed by atoms with van der Waals surface area (Å²) in [5.74, 6) is -3.24. The van der Waals surface area contributed by atoms with Gasteiger partial charge in [0.25, 0.3) is 5.56 Å². The van der Waals surface area contributed by atoms with Gasteiger partial charge in [0, 0.05) is 11.6 Å². The molecule has 2 heterocycles. The minimum absolute atomic E-state index is 0.198. The summed E-state index contributed by atoms with van der Waals surface area (Å²) in [5, 5.41) is 7.60. The number of aromatic nitrogens is 5. The number of nitrogens with zero attached hydrogens (tertiary/aromatic N) is 4. The van der Waals surface area contributed by atoms with Crippen molar-refractivity contribution in [3.8, 4) is 11.4 Å². The van der Waals surface area contributed by atoms with Crippen LogP contribution in [0.15, 0.2) is 29.2 Å². The fraction of sp³-hybridized carbons (Fsp3) is 0.250. The lowest BCUT2D eigenvalue weighted by molar-refractivity contribution is -0.140. The van der Waals surface area contributed by atoms with Crippen LogP contribution in [-0.2, 0) is 6.18 Å². The summed E-state index contributed by atoms with van der Waals surface area (Å²) >= 11 is 0. The normalized spacial score (nSPS) is 13.0. The number of nitrogens with one attached hydrogen (secondary N) is 1. The Morgan fingerprint density at radius 1 is 1.15 bits per heavy atom. The molecule has 0 aliphatic rings. The van der Waals surface area contributed by atoms with Gasteiger partial charge in [0.1, 0.15) is 11.5 Å². The summed E-state index contributed by atoms with van der Waals surface area (Å²) in [4.78, 5) is 18.1. The van der Waals surface area contributed by atoms with E-state index in [1.54, 1.807) is 6.92 Å². The molecule has 27 heavy (non-hydrogen) atoms. The molecular weight excluding hydrogens is 373 g/mol. The number of aryl methyl sites for hydroxylation is 1. The van der Waals surface area contributed by atoms with Gasteiger partial charge in [0.2, 0.25) is 0 Å². The lowest BCUT2D eigenvalue weighted by Crippen LogP contribution is -2.15. The molecule has 3 rings (SSSR count). The van der Waals surface area contributed by atoms with Gasteiger partial charge >= 0.3 is 6.18 Å². The zero-order valence-electron chi connectivity index (χ0n) is 14.0. The largest absolute Gasteiger partial charge is 0.419 e. The van der Waals surface area contributed by atoms with Crippen molar-refractivity contribution >= 4 is 0 Å². The highest BCUT2D eigenvalue weighted by Gasteiger charge is 2.36. The summed E-state index contributed by atoms with van der Waals surface area (Å²) in [6.07, 6.45) is -3.67. The van der Waals surface area contributed by atoms with Crippen LogP contribution >= 0.6 is 0 Å². The maximum Gasteiger partial charge on any atom is 0.419 e. The summed E-state index contributed by atoms with van der Waals surface area (Å²) in [6.45, 7) is 2.98. The maximum atomic E-state index is 14.2. The highest BCUT2D eigenvalue weighted by atomic mass is 19.4. The summed E-state index contributed by atoms with van der Waals surface area (Å²) < 4.78 is 67.1. The first-order valence-electron chi connectivity index (χ1n) is 7.63. The van der Waals surface area contributed by atoms with E-state index in [1.165, 1.54) is 19.2 Å². The second kappa shape index (κ2) is 6.56. The van der Waals surface area contributed by atoms with E-state index in [4.69, 9.17) is 0 Å². The number of aromatic amines is 1. The minimum Gasteiger partial charge on any atom is -0.311 e. The molecule has 0 unspecified atom stereocenters. The van der Waals surface area contributed by atoms with E-state index in [9.17, 15) is 26.7 Å². The van der Waals surface area contributed by atoms with Crippen molar-refractivity contribution in [1.29, 1.82) is 0 Å². The molecule has 11 heteroatoms. The molecule has 6 nitrogen and oxygen atoms in total. The van der Waals surface area contributed by atoms with Gasteiger partial charge in [0.15, 0.2) is 11.6 Å². The monoisotopic (exact) mass is 385 g/mol.